The highest BCUT2D eigenvalue weighted by Crippen LogP contribution is 2.02. The molecule has 5 heteroatoms. The molecule has 0 fully saturated rings. The second-order valence-corrected chi connectivity index (χ2v) is 2.99. The molecule has 1 heterocycles. The van der Waals surface area contributed by atoms with Crippen LogP contribution in [-0.4, -0.2) is 14.3 Å². The Morgan fingerprint density at radius 1 is 1.58 bits per heavy atom. The van der Waals surface area contributed by atoms with Gasteiger partial charge in [-0.15, -0.1) is 0 Å². The summed E-state index contributed by atoms with van der Waals surface area (Å²) in [5.74, 6) is 0.637. The van der Waals surface area contributed by atoms with Gasteiger partial charge in [-0.25, -0.2) is 9.48 Å². The van der Waals surface area contributed by atoms with Gasteiger partial charge < -0.3 is 5.73 Å². The Hall–Kier alpha value is -1.10. The van der Waals surface area contributed by atoms with Crippen LogP contribution < -0.4 is 11.4 Å². The van der Waals surface area contributed by atoms with Gasteiger partial charge in [-0.05, 0) is 13.8 Å². The van der Waals surface area contributed by atoms with Crippen LogP contribution in [0, 0.1) is 0 Å². The van der Waals surface area contributed by atoms with Gasteiger partial charge in [0.25, 0.3) is 0 Å². The molecule has 12 heavy (non-hydrogen) atoms. The smallest absolute Gasteiger partial charge is 0.324 e. The van der Waals surface area contributed by atoms with E-state index in [1.807, 2.05) is 13.8 Å². The van der Waals surface area contributed by atoms with Crippen molar-refractivity contribution >= 4 is 0 Å². The van der Waals surface area contributed by atoms with E-state index in [0.29, 0.717) is 12.4 Å². The van der Waals surface area contributed by atoms with Crippen LogP contribution in [0.2, 0.25) is 0 Å². The van der Waals surface area contributed by atoms with Crippen molar-refractivity contribution < 1.29 is 0 Å². The molecule has 0 saturated heterocycles. The minimum atomic E-state index is -0.106. The molecule has 0 aliphatic rings. The summed E-state index contributed by atoms with van der Waals surface area (Å²) in [4.78, 5) is 11.4. The molecule has 2 N–H and O–H groups in total. The average molecular weight is 170 g/mol. The quantitative estimate of drug-likeness (QED) is 0.658. The fourth-order valence-corrected chi connectivity index (χ4v) is 1.19. The molecule has 1 rings (SSSR count). The third kappa shape index (κ3) is 1.27. The van der Waals surface area contributed by atoms with Crippen LogP contribution in [0.25, 0.3) is 0 Å². The molecule has 0 spiro atoms. The lowest BCUT2D eigenvalue weighted by molar-refractivity contribution is 0.547. The van der Waals surface area contributed by atoms with E-state index in [1.165, 1.54) is 4.68 Å². The maximum Gasteiger partial charge on any atom is 0.345 e. The molecular weight excluding hydrogens is 156 g/mol. The van der Waals surface area contributed by atoms with E-state index in [2.05, 4.69) is 5.10 Å². The zero-order valence-corrected chi connectivity index (χ0v) is 7.61. The van der Waals surface area contributed by atoms with Crippen molar-refractivity contribution in [2.24, 2.45) is 12.8 Å². The lowest BCUT2D eigenvalue weighted by Gasteiger charge is -2.06. The van der Waals surface area contributed by atoms with Crippen molar-refractivity contribution in [1.82, 2.24) is 14.3 Å². The fourth-order valence-electron chi connectivity index (χ4n) is 1.19. The molecule has 1 aromatic rings. The summed E-state index contributed by atoms with van der Waals surface area (Å²) in [6.07, 6.45) is 0. The lowest BCUT2D eigenvalue weighted by atomic mass is 10.4. The van der Waals surface area contributed by atoms with E-state index in [9.17, 15) is 4.79 Å². The standard InChI is InChI=1S/C7H14N4O/c1-5(2)11-6(4-8)9-10(3)7(11)12/h5H,4,8H2,1-3H3. The Morgan fingerprint density at radius 3 is 2.50 bits per heavy atom. The first-order valence-corrected chi connectivity index (χ1v) is 3.92. The number of hydrogen-bond donors (Lipinski definition) is 1. The van der Waals surface area contributed by atoms with E-state index < -0.39 is 0 Å². The summed E-state index contributed by atoms with van der Waals surface area (Å²) < 4.78 is 2.90. The Kier molecular flexibility index (Phi) is 2.32. The van der Waals surface area contributed by atoms with Gasteiger partial charge in [0.1, 0.15) is 5.82 Å². The van der Waals surface area contributed by atoms with Crippen molar-refractivity contribution in [3.05, 3.63) is 16.3 Å². The van der Waals surface area contributed by atoms with Crippen LogP contribution in [0.15, 0.2) is 4.79 Å². The second-order valence-electron chi connectivity index (χ2n) is 2.99. The molecule has 0 atom stereocenters. The third-order valence-corrected chi connectivity index (χ3v) is 1.73. The SMILES string of the molecule is CC(C)n1c(CN)nn(C)c1=O. The number of nitrogens with two attached hydrogens (primary N) is 1. The molecule has 0 saturated carbocycles. The summed E-state index contributed by atoms with van der Waals surface area (Å²) in [6, 6.07) is 0.116. The highest BCUT2D eigenvalue weighted by atomic mass is 16.2. The van der Waals surface area contributed by atoms with E-state index in [0.717, 1.165) is 0 Å². The average Bonchev–Trinajstić information content (AvgIpc) is 2.28. The molecule has 0 radical (unpaired) electrons. The fraction of sp³-hybridized carbons (Fsp3) is 0.714. The Bertz CT molecular complexity index is 323. The monoisotopic (exact) mass is 170 g/mol. The topological polar surface area (TPSA) is 65.8 Å². The Balaban J connectivity index is 3.31. The molecule has 0 bridgehead atoms. The van der Waals surface area contributed by atoms with Gasteiger partial charge in [0, 0.05) is 13.1 Å². The number of aromatic nitrogens is 3. The lowest BCUT2D eigenvalue weighted by Crippen LogP contribution is -2.25. The van der Waals surface area contributed by atoms with Crippen LogP contribution in [0.3, 0.4) is 0 Å². The van der Waals surface area contributed by atoms with Crippen molar-refractivity contribution in [1.29, 1.82) is 0 Å². The minimum Gasteiger partial charge on any atom is -0.324 e. The van der Waals surface area contributed by atoms with E-state index in [4.69, 9.17) is 5.73 Å². The van der Waals surface area contributed by atoms with Gasteiger partial charge >= 0.3 is 5.69 Å². The van der Waals surface area contributed by atoms with Crippen molar-refractivity contribution in [3.8, 4) is 0 Å². The predicted octanol–water partition coefficient (Wildman–Crippen LogP) is -0.379. The molecule has 0 aromatic carbocycles. The number of hydrogen-bond acceptors (Lipinski definition) is 3. The summed E-state index contributed by atoms with van der Waals surface area (Å²) in [7, 11) is 1.63. The first-order chi connectivity index (χ1) is 5.57. The maximum atomic E-state index is 11.4. The Labute approximate surface area is 70.8 Å². The van der Waals surface area contributed by atoms with Gasteiger partial charge in [-0.3, -0.25) is 4.57 Å². The van der Waals surface area contributed by atoms with Gasteiger partial charge in [-0.1, -0.05) is 0 Å². The maximum absolute atomic E-state index is 11.4. The van der Waals surface area contributed by atoms with Crippen LogP contribution in [-0.2, 0) is 13.6 Å². The molecule has 0 aliphatic heterocycles. The minimum absolute atomic E-state index is 0.106. The largest absolute Gasteiger partial charge is 0.345 e. The van der Waals surface area contributed by atoms with E-state index >= 15 is 0 Å². The first kappa shape index (κ1) is 8.99. The predicted molar refractivity (Wildman–Crippen MR) is 45.7 cm³/mol. The van der Waals surface area contributed by atoms with Gasteiger partial charge in [0.2, 0.25) is 0 Å². The molecule has 1 aromatic heterocycles. The van der Waals surface area contributed by atoms with E-state index in [-0.39, 0.29) is 11.7 Å². The van der Waals surface area contributed by atoms with Gasteiger partial charge in [-0.2, -0.15) is 5.10 Å². The summed E-state index contributed by atoms with van der Waals surface area (Å²) in [6.45, 7) is 4.17. The first-order valence-electron chi connectivity index (χ1n) is 3.92. The van der Waals surface area contributed by atoms with E-state index in [1.54, 1.807) is 11.6 Å². The zero-order chi connectivity index (χ0) is 9.30. The summed E-state index contributed by atoms with van der Waals surface area (Å²) >= 11 is 0. The number of rotatable bonds is 2. The van der Waals surface area contributed by atoms with Crippen molar-refractivity contribution in [2.75, 3.05) is 0 Å². The molecule has 0 aliphatic carbocycles. The molecule has 0 amide bonds. The van der Waals surface area contributed by atoms with Crippen LogP contribution in [0.5, 0.6) is 0 Å². The highest BCUT2D eigenvalue weighted by molar-refractivity contribution is 4.88. The molecule has 0 unspecified atom stereocenters. The van der Waals surface area contributed by atoms with Gasteiger partial charge in [0.05, 0.1) is 6.54 Å². The molecular formula is C7H14N4O. The van der Waals surface area contributed by atoms with Crippen molar-refractivity contribution in [3.63, 3.8) is 0 Å². The number of aryl methyl sites for hydroxylation is 1. The van der Waals surface area contributed by atoms with Crippen molar-refractivity contribution in [2.45, 2.75) is 26.4 Å². The Morgan fingerprint density at radius 2 is 2.17 bits per heavy atom. The van der Waals surface area contributed by atoms with Crippen LogP contribution in [0.4, 0.5) is 0 Å². The third-order valence-electron chi connectivity index (χ3n) is 1.73. The van der Waals surface area contributed by atoms with Gasteiger partial charge in [0.15, 0.2) is 0 Å². The van der Waals surface area contributed by atoms with Crippen LogP contribution in [0.1, 0.15) is 25.7 Å². The molecule has 5 nitrogen and oxygen atoms in total. The van der Waals surface area contributed by atoms with Crippen LogP contribution >= 0.6 is 0 Å². The molecule has 68 valence electrons. The highest BCUT2D eigenvalue weighted by Gasteiger charge is 2.11. The zero-order valence-electron chi connectivity index (χ0n) is 7.61. The normalized spacial score (nSPS) is 11.1. The second kappa shape index (κ2) is 3.10. The summed E-state index contributed by atoms with van der Waals surface area (Å²) in [5, 5.41) is 3.99. The summed E-state index contributed by atoms with van der Waals surface area (Å²) in [5.41, 5.74) is 5.33. The number of nitrogens with zero attached hydrogens (tertiary/aromatic N) is 3.